The van der Waals surface area contributed by atoms with Crippen LogP contribution in [0.1, 0.15) is 30.7 Å². The number of pyridine rings is 1. The number of nitrogens with one attached hydrogen (secondary N) is 1. The third-order valence-electron chi connectivity index (χ3n) is 3.04. The summed E-state index contributed by atoms with van der Waals surface area (Å²) in [7, 11) is 1.65. The van der Waals surface area contributed by atoms with Crippen LogP contribution in [0.2, 0.25) is 0 Å². The SMILES string of the molecule is COCCn1c(C)cc(C)c(CNC(C)C)c1=O. The highest BCUT2D eigenvalue weighted by atomic mass is 16.5. The Morgan fingerprint density at radius 2 is 2.06 bits per heavy atom. The van der Waals surface area contributed by atoms with Gasteiger partial charge in [0.1, 0.15) is 0 Å². The first-order valence-electron chi connectivity index (χ1n) is 6.39. The lowest BCUT2D eigenvalue weighted by Crippen LogP contribution is -2.32. The molecule has 0 aromatic carbocycles. The van der Waals surface area contributed by atoms with Gasteiger partial charge in [-0.2, -0.15) is 0 Å². The molecule has 0 fully saturated rings. The molecule has 18 heavy (non-hydrogen) atoms. The Morgan fingerprint density at radius 1 is 1.39 bits per heavy atom. The zero-order chi connectivity index (χ0) is 13.7. The van der Waals surface area contributed by atoms with Gasteiger partial charge in [-0.05, 0) is 25.5 Å². The van der Waals surface area contributed by atoms with E-state index in [2.05, 4.69) is 25.2 Å². The number of nitrogens with zero attached hydrogens (tertiary/aromatic N) is 1. The molecule has 0 atom stereocenters. The Kier molecular flexibility index (Phi) is 5.56. The summed E-state index contributed by atoms with van der Waals surface area (Å²) in [4.78, 5) is 12.4. The summed E-state index contributed by atoms with van der Waals surface area (Å²) in [6.45, 7) is 9.89. The first-order chi connectivity index (χ1) is 8.47. The van der Waals surface area contributed by atoms with Gasteiger partial charge in [-0.1, -0.05) is 13.8 Å². The molecule has 4 heteroatoms. The zero-order valence-electron chi connectivity index (χ0n) is 12.0. The maximum atomic E-state index is 12.4. The van der Waals surface area contributed by atoms with Crippen molar-refractivity contribution >= 4 is 0 Å². The van der Waals surface area contributed by atoms with E-state index >= 15 is 0 Å². The van der Waals surface area contributed by atoms with E-state index in [1.165, 1.54) is 0 Å². The smallest absolute Gasteiger partial charge is 0.255 e. The van der Waals surface area contributed by atoms with Crippen LogP contribution in [0, 0.1) is 13.8 Å². The molecule has 1 aromatic heterocycles. The Bertz CT molecular complexity index is 450. The number of hydrogen-bond acceptors (Lipinski definition) is 3. The van der Waals surface area contributed by atoms with Crippen LogP contribution >= 0.6 is 0 Å². The van der Waals surface area contributed by atoms with Crippen molar-refractivity contribution in [2.24, 2.45) is 0 Å². The van der Waals surface area contributed by atoms with Gasteiger partial charge >= 0.3 is 0 Å². The molecule has 0 unspecified atom stereocenters. The van der Waals surface area contributed by atoms with Gasteiger partial charge in [0.15, 0.2) is 0 Å². The minimum atomic E-state index is 0.0951. The van der Waals surface area contributed by atoms with Crippen LogP contribution < -0.4 is 10.9 Å². The Hall–Kier alpha value is -1.13. The van der Waals surface area contributed by atoms with E-state index in [0.29, 0.717) is 25.7 Å². The molecule has 1 aromatic rings. The lowest BCUT2D eigenvalue weighted by atomic mass is 10.1. The number of aromatic nitrogens is 1. The highest BCUT2D eigenvalue weighted by Gasteiger charge is 2.10. The van der Waals surface area contributed by atoms with Gasteiger partial charge < -0.3 is 14.6 Å². The van der Waals surface area contributed by atoms with Gasteiger partial charge in [0.25, 0.3) is 5.56 Å². The molecule has 1 heterocycles. The monoisotopic (exact) mass is 252 g/mol. The number of hydrogen-bond donors (Lipinski definition) is 1. The summed E-state index contributed by atoms with van der Waals surface area (Å²) >= 11 is 0. The van der Waals surface area contributed by atoms with E-state index in [0.717, 1.165) is 16.8 Å². The van der Waals surface area contributed by atoms with Crippen LogP contribution in [0.15, 0.2) is 10.9 Å². The van der Waals surface area contributed by atoms with Crippen molar-refractivity contribution in [1.82, 2.24) is 9.88 Å². The largest absolute Gasteiger partial charge is 0.383 e. The fourth-order valence-electron chi connectivity index (χ4n) is 1.95. The quantitative estimate of drug-likeness (QED) is 0.836. The van der Waals surface area contributed by atoms with Crippen molar-refractivity contribution in [2.45, 2.75) is 46.8 Å². The molecule has 0 radical (unpaired) electrons. The summed E-state index contributed by atoms with van der Waals surface area (Å²) < 4.78 is 6.83. The van der Waals surface area contributed by atoms with Crippen LogP contribution in [-0.4, -0.2) is 24.3 Å². The van der Waals surface area contributed by atoms with Gasteiger partial charge in [0, 0.05) is 37.5 Å². The number of rotatable bonds is 6. The molecular weight excluding hydrogens is 228 g/mol. The summed E-state index contributed by atoms with van der Waals surface area (Å²) in [6.07, 6.45) is 0. The molecule has 0 saturated heterocycles. The van der Waals surface area contributed by atoms with Gasteiger partial charge in [-0.15, -0.1) is 0 Å². The molecule has 0 saturated carbocycles. The maximum absolute atomic E-state index is 12.4. The van der Waals surface area contributed by atoms with Crippen LogP contribution in [0.4, 0.5) is 0 Å². The fraction of sp³-hybridized carbons (Fsp3) is 0.643. The fourth-order valence-corrected chi connectivity index (χ4v) is 1.95. The lowest BCUT2D eigenvalue weighted by molar-refractivity contribution is 0.185. The minimum absolute atomic E-state index is 0.0951. The average Bonchev–Trinajstić information content (AvgIpc) is 2.27. The Balaban J connectivity index is 3.06. The van der Waals surface area contributed by atoms with Crippen molar-refractivity contribution in [3.05, 3.63) is 33.2 Å². The van der Waals surface area contributed by atoms with E-state index < -0.39 is 0 Å². The average molecular weight is 252 g/mol. The van der Waals surface area contributed by atoms with Gasteiger partial charge in [0.05, 0.1) is 6.61 Å². The Morgan fingerprint density at radius 3 is 2.61 bits per heavy atom. The van der Waals surface area contributed by atoms with E-state index in [1.54, 1.807) is 11.7 Å². The topological polar surface area (TPSA) is 43.3 Å². The standard InChI is InChI=1S/C14H24N2O2/c1-10(2)15-9-13-11(3)8-12(4)16(14(13)17)6-7-18-5/h8,10,15H,6-7,9H2,1-5H3. The summed E-state index contributed by atoms with van der Waals surface area (Å²) in [5.41, 5.74) is 2.99. The minimum Gasteiger partial charge on any atom is -0.383 e. The molecule has 0 bridgehead atoms. The summed E-state index contributed by atoms with van der Waals surface area (Å²) in [5, 5.41) is 3.30. The zero-order valence-corrected chi connectivity index (χ0v) is 12.0. The molecule has 0 aliphatic carbocycles. The van der Waals surface area contributed by atoms with Crippen molar-refractivity contribution in [2.75, 3.05) is 13.7 Å². The molecule has 0 spiro atoms. The number of ether oxygens (including phenoxy) is 1. The molecule has 0 aliphatic heterocycles. The van der Waals surface area contributed by atoms with Crippen molar-refractivity contribution < 1.29 is 4.74 Å². The molecule has 0 amide bonds. The molecule has 1 rings (SSSR count). The van der Waals surface area contributed by atoms with Crippen LogP contribution in [0.5, 0.6) is 0 Å². The number of aryl methyl sites for hydroxylation is 2. The Labute approximate surface area is 109 Å². The third kappa shape index (κ3) is 3.68. The van der Waals surface area contributed by atoms with E-state index in [9.17, 15) is 4.79 Å². The molecule has 1 N–H and O–H groups in total. The summed E-state index contributed by atoms with van der Waals surface area (Å²) in [6, 6.07) is 2.44. The van der Waals surface area contributed by atoms with Crippen molar-refractivity contribution in [3.8, 4) is 0 Å². The molecule has 102 valence electrons. The van der Waals surface area contributed by atoms with E-state index in [4.69, 9.17) is 4.74 Å². The third-order valence-corrected chi connectivity index (χ3v) is 3.04. The number of methoxy groups -OCH3 is 1. The van der Waals surface area contributed by atoms with Gasteiger partial charge in [-0.3, -0.25) is 4.79 Å². The normalized spacial score (nSPS) is 11.2. The predicted molar refractivity (Wildman–Crippen MR) is 74.0 cm³/mol. The van der Waals surface area contributed by atoms with Crippen LogP contribution in [0.25, 0.3) is 0 Å². The van der Waals surface area contributed by atoms with Crippen molar-refractivity contribution in [1.29, 1.82) is 0 Å². The molecule has 4 nitrogen and oxygen atoms in total. The molecular formula is C14H24N2O2. The maximum Gasteiger partial charge on any atom is 0.255 e. The second kappa shape index (κ2) is 6.71. The van der Waals surface area contributed by atoms with Gasteiger partial charge in [0.2, 0.25) is 0 Å². The predicted octanol–water partition coefficient (Wildman–Crippen LogP) is 1.61. The first-order valence-corrected chi connectivity index (χ1v) is 6.39. The first kappa shape index (κ1) is 14.9. The summed E-state index contributed by atoms with van der Waals surface area (Å²) in [5.74, 6) is 0. The second-order valence-corrected chi connectivity index (χ2v) is 4.93. The lowest BCUT2D eigenvalue weighted by Gasteiger charge is -2.15. The van der Waals surface area contributed by atoms with E-state index in [-0.39, 0.29) is 5.56 Å². The van der Waals surface area contributed by atoms with Gasteiger partial charge in [-0.25, -0.2) is 0 Å². The second-order valence-electron chi connectivity index (χ2n) is 4.93. The van der Waals surface area contributed by atoms with Crippen molar-refractivity contribution in [3.63, 3.8) is 0 Å². The van der Waals surface area contributed by atoms with Crippen LogP contribution in [-0.2, 0) is 17.8 Å². The van der Waals surface area contributed by atoms with Crippen LogP contribution in [0.3, 0.4) is 0 Å². The van der Waals surface area contributed by atoms with E-state index in [1.807, 2.05) is 13.8 Å². The highest BCUT2D eigenvalue weighted by Crippen LogP contribution is 2.06. The molecule has 0 aliphatic rings. The highest BCUT2D eigenvalue weighted by molar-refractivity contribution is 5.26.